The summed E-state index contributed by atoms with van der Waals surface area (Å²) in [5, 5.41) is 22.1. The van der Waals surface area contributed by atoms with E-state index in [1.165, 1.54) is 35.6 Å². The number of hydrogen-bond acceptors (Lipinski definition) is 5. The molecule has 2 rings (SSSR count). The number of nitro benzene ring substituents is 1. The Kier molecular flexibility index (Phi) is 5.96. The maximum absolute atomic E-state index is 12.8. The lowest BCUT2D eigenvalue weighted by Gasteiger charge is -2.33. The summed E-state index contributed by atoms with van der Waals surface area (Å²) in [6.45, 7) is 0.350. The largest absolute Gasteiger partial charge is 0.465 e. The number of sulfonamides is 1. The van der Waals surface area contributed by atoms with Crippen LogP contribution in [0, 0.1) is 16.0 Å². The highest BCUT2D eigenvalue weighted by atomic mass is 32.2. The Hall–Kier alpha value is -2.20. The minimum absolute atomic E-state index is 0.175. The summed E-state index contributed by atoms with van der Waals surface area (Å²) in [7, 11) is -2.54. The highest BCUT2D eigenvalue weighted by Gasteiger charge is 2.35. The number of carbonyl (C=O) groups is 1. The third kappa shape index (κ3) is 4.45. The van der Waals surface area contributed by atoms with Crippen LogP contribution in [0.15, 0.2) is 29.2 Å². The number of nitrogens with one attached hydrogen (secondary N) is 1. The van der Waals surface area contributed by atoms with E-state index in [1.807, 2.05) is 0 Å². The Bertz CT molecular complexity index is 743. The molecule has 0 aromatic heterocycles. The molecule has 0 bridgehead atoms. The number of amides is 1. The zero-order valence-corrected chi connectivity index (χ0v) is 14.6. The summed E-state index contributed by atoms with van der Waals surface area (Å²) in [4.78, 5) is 20.6. The summed E-state index contributed by atoms with van der Waals surface area (Å²) in [5.41, 5.74) is -0.436. The van der Waals surface area contributed by atoms with Gasteiger partial charge in [0, 0.05) is 25.7 Å². The second kappa shape index (κ2) is 7.79. The summed E-state index contributed by atoms with van der Waals surface area (Å²) in [6.07, 6.45) is 1.49. The number of carboxylic acid groups (broad SMARTS) is 1. The molecule has 25 heavy (non-hydrogen) atoms. The van der Waals surface area contributed by atoms with E-state index in [-0.39, 0.29) is 16.9 Å². The van der Waals surface area contributed by atoms with Gasteiger partial charge in [0.05, 0.1) is 4.92 Å². The molecule has 0 spiro atoms. The molecule has 1 saturated carbocycles. The van der Waals surface area contributed by atoms with Gasteiger partial charge in [0.25, 0.3) is 5.69 Å². The second-order valence-electron chi connectivity index (χ2n) is 6.11. The molecule has 10 heteroatoms. The molecule has 9 nitrogen and oxygen atoms in total. The number of hydrogen-bond donors (Lipinski definition) is 2. The normalized spacial score (nSPS) is 21.0. The number of nitro groups is 1. The van der Waals surface area contributed by atoms with Crippen LogP contribution in [0.1, 0.15) is 25.7 Å². The third-order valence-electron chi connectivity index (χ3n) is 4.59. The number of benzene rings is 1. The van der Waals surface area contributed by atoms with Crippen molar-refractivity contribution in [3.8, 4) is 0 Å². The van der Waals surface area contributed by atoms with Crippen molar-refractivity contribution < 1.29 is 23.2 Å². The summed E-state index contributed by atoms with van der Waals surface area (Å²) in [6, 6.07) is 5.05. The van der Waals surface area contributed by atoms with E-state index in [2.05, 4.69) is 5.32 Å². The van der Waals surface area contributed by atoms with Gasteiger partial charge >= 0.3 is 6.09 Å². The predicted molar refractivity (Wildman–Crippen MR) is 89.8 cm³/mol. The molecule has 1 fully saturated rings. The fourth-order valence-corrected chi connectivity index (χ4v) is 4.69. The second-order valence-corrected chi connectivity index (χ2v) is 8.07. The molecule has 0 atom stereocenters. The number of para-hydroxylation sites is 1. The molecule has 1 aromatic rings. The van der Waals surface area contributed by atoms with E-state index in [9.17, 15) is 23.3 Å². The number of nitrogens with zero attached hydrogens (tertiary/aromatic N) is 2. The van der Waals surface area contributed by atoms with E-state index >= 15 is 0 Å². The Morgan fingerprint density at radius 3 is 2.48 bits per heavy atom. The highest BCUT2D eigenvalue weighted by Crippen LogP contribution is 2.32. The lowest BCUT2D eigenvalue weighted by molar-refractivity contribution is -0.387. The fraction of sp³-hybridized carbons (Fsp3) is 0.533. The quantitative estimate of drug-likeness (QED) is 0.581. The number of rotatable bonds is 6. The molecule has 1 aromatic carbocycles. The van der Waals surface area contributed by atoms with Crippen LogP contribution in [-0.2, 0) is 10.0 Å². The Labute approximate surface area is 145 Å². The standard InChI is InChI=1S/C15H21N3O6S/c1-17(12-8-6-11(7-9-12)10-16-15(19)20)25(23,24)14-5-3-2-4-13(14)18(21)22/h2-5,11-12,16H,6-10H2,1H3,(H,19,20). The van der Waals surface area contributed by atoms with Crippen molar-refractivity contribution in [3.05, 3.63) is 34.4 Å². The van der Waals surface area contributed by atoms with Crippen molar-refractivity contribution >= 4 is 21.8 Å². The molecule has 1 aliphatic rings. The Balaban J connectivity index is 2.09. The molecule has 1 amide bonds. The maximum Gasteiger partial charge on any atom is 0.404 e. The summed E-state index contributed by atoms with van der Waals surface area (Å²) < 4.78 is 26.8. The molecule has 0 radical (unpaired) electrons. The first-order chi connectivity index (χ1) is 11.7. The van der Waals surface area contributed by atoms with Crippen molar-refractivity contribution in [1.29, 1.82) is 0 Å². The molecule has 138 valence electrons. The zero-order valence-electron chi connectivity index (χ0n) is 13.8. The SMILES string of the molecule is CN(C1CCC(CNC(=O)O)CC1)S(=O)(=O)c1ccccc1[N+](=O)[O-]. The Morgan fingerprint density at radius 1 is 1.32 bits per heavy atom. The van der Waals surface area contributed by atoms with Gasteiger partial charge in [-0.05, 0) is 37.7 Å². The lowest BCUT2D eigenvalue weighted by Crippen LogP contribution is -2.41. The van der Waals surface area contributed by atoms with E-state index in [1.54, 1.807) is 0 Å². The first kappa shape index (κ1) is 19.1. The molecule has 0 saturated heterocycles. The zero-order chi connectivity index (χ0) is 18.6. The average Bonchev–Trinajstić information content (AvgIpc) is 2.59. The van der Waals surface area contributed by atoms with E-state index < -0.39 is 26.7 Å². The summed E-state index contributed by atoms with van der Waals surface area (Å²) in [5.74, 6) is 0.175. The van der Waals surface area contributed by atoms with Gasteiger partial charge in [0.1, 0.15) is 0 Å². The first-order valence-electron chi connectivity index (χ1n) is 7.91. The van der Waals surface area contributed by atoms with Crippen LogP contribution in [0.25, 0.3) is 0 Å². The molecular formula is C15H21N3O6S. The van der Waals surface area contributed by atoms with Gasteiger partial charge in [-0.25, -0.2) is 13.2 Å². The molecular weight excluding hydrogens is 350 g/mol. The van der Waals surface area contributed by atoms with Crippen LogP contribution < -0.4 is 5.32 Å². The molecule has 0 heterocycles. The maximum atomic E-state index is 12.8. The smallest absolute Gasteiger partial charge is 0.404 e. The van der Waals surface area contributed by atoms with Gasteiger partial charge in [0.2, 0.25) is 10.0 Å². The molecule has 1 aliphatic carbocycles. The predicted octanol–water partition coefficient (Wildman–Crippen LogP) is 2.04. The van der Waals surface area contributed by atoms with E-state index in [0.717, 1.165) is 0 Å². The van der Waals surface area contributed by atoms with Crippen molar-refractivity contribution in [1.82, 2.24) is 9.62 Å². The van der Waals surface area contributed by atoms with Crippen LogP contribution in [0.2, 0.25) is 0 Å². The van der Waals surface area contributed by atoms with Gasteiger partial charge in [0.15, 0.2) is 4.90 Å². The minimum Gasteiger partial charge on any atom is -0.465 e. The van der Waals surface area contributed by atoms with Crippen LogP contribution in [0.5, 0.6) is 0 Å². The van der Waals surface area contributed by atoms with Gasteiger partial charge < -0.3 is 10.4 Å². The van der Waals surface area contributed by atoms with Gasteiger partial charge in [-0.1, -0.05) is 12.1 Å². The molecule has 2 N–H and O–H groups in total. The average molecular weight is 371 g/mol. The highest BCUT2D eigenvalue weighted by molar-refractivity contribution is 7.89. The Morgan fingerprint density at radius 2 is 1.92 bits per heavy atom. The van der Waals surface area contributed by atoms with Crippen molar-refractivity contribution in [3.63, 3.8) is 0 Å². The molecule has 0 aliphatic heterocycles. The van der Waals surface area contributed by atoms with E-state index in [4.69, 9.17) is 5.11 Å². The molecule has 0 unspecified atom stereocenters. The van der Waals surface area contributed by atoms with Crippen molar-refractivity contribution in [2.75, 3.05) is 13.6 Å². The van der Waals surface area contributed by atoms with E-state index in [0.29, 0.717) is 32.2 Å². The fourth-order valence-electron chi connectivity index (χ4n) is 3.12. The van der Waals surface area contributed by atoms with Crippen LogP contribution >= 0.6 is 0 Å². The third-order valence-corrected chi connectivity index (χ3v) is 6.55. The van der Waals surface area contributed by atoms with Crippen molar-refractivity contribution in [2.45, 2.75) is 36.6 Å². The van der Waals surface area contributed by atoms with Crippen LogP contribution in [-0.4, -0.2) is 48.5 Å². The van der Waals surface area contributed by atoms with Gasteiger partial charge in [-0.15, -0.1) is 0 Å². The minimum atomic E-state index is -3.98. The van der Waals surface area contributed by atoms with Gasteiger partial charge in [-0.3, -0.25) is 10.1 Å². The first-order valence-corrected chi connectivity index (χ1v) is 9.35. The van der Waals surface area contributed by atoms with Crippen molar-refractivity contribution in [2.24, 2.45) is 5.92 Å². The summed E-state index contributed by atoms with van der Waals surface area (Å²) >= 11 is 0. The monoisotopic (exact) mass is 371 g/mol. The topological polar surface area (TPSA) is 130 Å². The van der Waals surface area contributed by atoms with Crippen LogP contribution in [0.3, 0.4) is 0 Å². The van der Waals surface area contributed by atoms with Gasteiger partial charge in [-0.2, -0.15) is 4.31 Å². The lowest BCUT2D eigenvalue weighted by atomic mass is 9.86. The van der Waals surface area contributed by atoms with Crippen LogP contribution in [0.4, 0.5) is 10.5 Å².